The Labute approximate surface area is 168 Å². The monoisotopic (exact) mass is 394 g/mol. The summed E-state index contributed by atoms with van der Waals surface area (Å²) in [5.74, 6) is -0.258. The molecular formula is C22H22N2O5. The van der Waals surface area contributed by atoms with E-state index < -0.39 is 0 Å². The molecule has 3 amide bonds. The number of hydrogen-bond donors (Lipinski definition) is 1. The van der Waals surface area contributed by atoms with Crippen LogP contribution in [0.2, 0.25) is 0 Å². The average Bonchev–Trinajstić information content (AvgIpc) is 3.35. The molecule has 2 heterocycles. The lowest BCUT2D eigenvalue weighted by Gasteiger charge is -2.17. The van der Waals surface area contributed by atoms with Crippen molar-refractivity contribution in [1.29, 1.82) is 0 Å². The maximum atomic E-state index is 12.7. The van der Waals surface area contributed by atoms with E-state index in [4.69, 9.17) is 9.47 Å². The SMILES string of the molecule is COc1ccc(CNC(=O)c2ccc3c(c2)C(=O)N(C[C@@H]2CCCO2)C3=O)cc1. The number of ether oxygens (including phenoxy) is 2. The van der Waals surface area contributed by atoms with Gasteiger partial charge in [0, 0.05) is 18.7 Å². The standard InChI is InChI=1S/C22H22N2O5/c1-28-16-7-4-14(5-8-16)12-23-20(25)15-6-9-18-19(11-15)22(27)24(21(18)26)13-17-3-2-10-29-17/h4-9,11,17H,2-3,10,12-13H2,1H3,(H,23,25)/t17-/m0/s1. The van der Waals surface area contributed by atoms with Crippen LogP contribution in [0.15, 0.2) is 42.5 Å². The normalized spacial score (nSPS) is 18.1. The fourth-order valence-electron chi connectivity index (χ4n) is 3.62. The Morgan fingerprint density at radius 1 is 1.14 bits per heavy atom. The molecule has 7 nitrogen and oxygen atoms in total. The molecule has 0 bridgehead atoms. The van der Waals surface area contributed by atoms with Crippen LogP contribution in [0.3, 0.4) is 0 Å². The van der Waals surface area contributed by atoms with Gasteiger partial charge in [0.2, 0.25) is 0 Å². The predicted molar refractivity (Wildman–Crippen MR) is 105 cm³/mol. The number of methoxy groups -OCH3 is 1. The van der Waals surface area contributed by atoms with E-state index in [9.17, 15) is 14.4 Å². The summed E-state index contributed by atoms with van der Waals surface area (Å²) in [7, 11) is 1.60. The van der Waals surface area contributed by atoms with E-state index in [-0.39, 0.29) is 35.9 Å². The van der Waals surface area contributed by atoms with Crippen molar-refractivity contribution in [3.63, 3.8) is 0 Å². The molecule has 2 aromatic carbocycles. The third-order valence-corrected chi connectivity index (χ3v) is 5.26. The van der Waals surface area contributed by atoms with Crippen molar-refractivity contribution in [2.75, 3.05) is 20.3 Å². The minimum atomic E-state index is -0.370. The fraction of sp³-hybridized carbons (Fsp3) is 0.318. The molecule has 2 aromatic rings. The maximum Gasteiger partial charge on any atom is 0.261 e. The zero-order valence-corrected chi connectivity index (χ0v) is 16.1. The first-order valence-corrected chi connectivity index (χ1v) is 9.60. The highest BCUT2D eigenvalue weighted by Gasteiger charge is 2.37. The Kier molecular flexibility index (Phi) is 5.31. The number of fused-ring (bicyclic) bond motifs is 1. The second-order valence-corrected chi connectivity index (χ2v) is 7.15. The number of benzene rings is 2. The van der Waals surface area contributed by atoms with Crippen LogP contribution in [0.25, 0.3) is 0 Å². The van der Waals surface area contributed by atoms with Crippen LogP contribution in [0.1, 0.15) is 49.5 Å². The third-order valence-electron chi connectivity index (χ3n) is 5.26. The van der Waals surface area contributed by atoms with Gasteiger partial charge in [-0.05, 0) is 48.7 Å². The van der Waals surface area contributed by atoms with Crippen molar-refractivity contribution in [2.45, 2.75) is 25.5 Å². The van der Waals surface area contributed by atoms with Gasteiger partial charge in [-0.3, -0.25) is 19.3 Å². The van der Waals surface area contributed by atoms with Crippen molar-refractivity contribution >= 4 is 17.7 Å². The van der Waals surface area contributed by atoms with Gasteiger partial charge in [0.25, 0.3) is 17.7 Å². The zero-order chi connectivity index (χ0) is 20.4. The quantitative estimate of drug-likeness (QED) is 0.761. The first-order chi connectivity index (χ1) is 14.1. The number of rotatable bonds is 6. The molecule has 1 atom stereocenters. The Balaban J connectivity index is 1.44. The highest BCUT2D eigenvalue weighted by molar-refractivity contribution is 6.22. The molecule has 7 heteroatoms. The van der Waals surface area contributed by atoms with Gasteiger partial charge in [-0.25, -0.2) is 0 Å². The first kappa shape index (κ1) is 19.1. The molecule has 0 saturated carbocycles. The van der Waals surface area contributed by atoms with Crippen LogP contribution < -0.4 is 10.1 Å². The van der Waals surface area contributed by atoms with Crippen LogP contribution in [0, 0.1) is 0 Å². The number of nitrogens with zero attached hydrogens (tertiary/aromatic N) is 1. The summed E-state index contributed by atoms with van der Waals surface area (Å²) >= 11 is 0. The summed E-state index contributed by atoms with van der Waals surface area (Å²) in [6, 6.07) is 12.0. The van der Waals surface area contributed by atoms with Crippen LogP contribution >= 0.6 is 0 Å². The molecule has 1 saturated heterocycles. The van der Waals surface area contributed by atoms with Gasteiger partial charge in [0.15, 0.2) is 0 Å². The Bertz CT molecular complexity index is 948. The number of hydrogen-bond acceptors (Lipinski definition) is 5. The Morgan fingerprint density at radius 2 is 1.90 bits per heavy atom. The summed E-state index contributed by atoms with van der Waals surface area (Å²) in [5, 5.41) is 2.83. The number of imide groups is 1. The van der Waals surface area contributed by atoms with Gasteiger partial charge in [-0.1, -0.05) is 12.1 Å². The summed E-state index contributed by atoms with van der Waals surface area (Å²) < 4.78 is 10.7. The summed E-state index contributed by atoms with van der Waals surface area (Å²) in [6.45, 7) is 1.26. The molecule has 2 aliphatic rings. The second-order valence-electron chi connectivity index (χ2n) is 7.15. The van der Waals surface area contributed by atoms with Gasteiger partial charge in [0.1, 0.15) is 5.75 Å². The molecule has 0 aromatic heterocycles. The van der Waals surface area contributed by atoms with Crippen LogP contribution in [-0.4, -0.2) is 49.0 Å². The lowest BCUT2D eigenvalue weighted by atomic mass is 10.1. The smallest absolute Gasteiger partial charge is 0.261 e. The van der Waals surface area contributed by atoms with Gasteiger partial charge in [-0.2, -0.15) is 0 Å². The number of amides is 3. The van der Waals surface area contributed by atoms with Crippen LogP contribution in [0.5, 0.6) is 5.75 Å². The molecule has 2 aliphatic heterocycles. The molecule has 0 aliphatic carbocycles. The average molecular weight is 394 g/mol. The summed E-state index contributed by atoms with van der Waals surface area (Å²) in [4.78, 5) is 39.0. The number of carbonyl (C=O) groups is 3. The lowest BCUT2D eigenvalue weighted by Crippen LogP contribution is -2.36. The lowest BCUT2D eigenvalue weighted by molar-refractivity contribution is 0.0475. The molecule has 0 unspecified atom stereocenters. The third kappa shape index (κ3) is 3.86. The van der Waals surface area contributed by atoms with Crippen molar-refractivity contribution in [3.05, 3.63) is 64.7 Å². The van der Waals surface area contributed by atoms with Gasteiger partial charge in [-0.15, -0.1) is 0 Å². The topological polar surface area (TPSA) is 84.9 Å². The van der Waals surface area contributed by atoms with E-state index in [1.807, 2.05) is 24.3 Å². The molecule has 1 fully saturated rings. The zero-order valence-electron chi connectivity index (χ0n) is 16.1. The number of carbonyl (C=O) groups excluding carboxylic acids is 3. The first-order valence-electron chi connectivity index (χ1n) is 9.60. The summed E-state index contributed by atoms with van der Waals surface area (Å²) in [6.07, 6.45) is 1.67. The molecule has 29 heavy (non-hydrogen) atoms. The Hall–Kier alpha value is -3.19. The second kappa shape index (κ2) is 8.05. The molecular weight excluding hydrogens is 372 g/mol. The molecule has 150 valence electrons. The van der Waals surface area contributed by atoms with Gasteiger partial charge >= 0.3 is 0 Å². The largest absolute Gasteiger partial charge is 0.497 e. The highest BCUT2D eigenvalue weighted by atomic mass is 16.5. The van der Waals surface area contributed by atoms with Gasteiger partial charge in [0.05, 0.1) is 30.9 Å². The van der Waals surface area contributed by atoms with Crippen molar-refractivity contribution in [2.24, 2.45) is 0 Å². The fourth-order valence-corrected chi connectivity index (χ4v) is 3.62. The summed E-state index contributed by atoms with van der Waals surface area (Å²) in [5.41, 5.74) is 1.87. The van der Waals surface area contributed by atoms with Gasteiger partial charge < -0.3 is 14.8 Å². The van der Waals surface area contributed by atoms with Crippen LogP contribution in [0.4, 0.5) is 0 Å². The molecule has 0 spiro atoms. The molecule has 1 N–H and O–H groups in total. The minimum absolute atomic E-state index is 0.107. The van der Waals surface area contributed by atoms with Crippen molar-refractivity contribution < 1.29 is 23.9 Å². The van der Waals surface area contributed by atoms with E-state index in [2.05, 4.69) is 5.32 Å². The molecule has 0 radical (unpaired) electrons. The predicted octanol–water partition coefficient (Wildman–Crippen LogP) is 2.40. The van der Waals surface area contributed by atoms with E-state index in [1.54, 1.807) is 19.2 Å². The maximum absolute atomic E-state index is 12.7. The van der Waals surface area contributed by atoms with E-state index in [0.717, 1.165) is 24.2 Å². The van der Waals surface area contributed by atoms with E-state index in [1.165, 1.54) is 11.0 Å². The highest BCUT2D eigenvalue weighted by Crippen LogP contribution is 2.26. The van der Waals surface area contributed by atoms with E-state index in [0.29, 0.717) is 24.3 Å². The van der Waals surface area contributed by atoms with Crippen molar-refractivity contribution in [3.8, 4) is 5.75 Å². The van der Waals surface area contributed by atoms with Crippen LogP contribution in [-0.2, 0) is 11.3 Å². The van der Waals surface area contributed by atoms with E-state index >= 15 is 0 Å². The minimum Gasteiger partial charge on any atom is -0.497 e. The Morgan fingerprint density at radius 3 is 2.59 bits per heavy atom. The van der Waals surface area contributed by atoms with Crippen molar-refractivity contribution in [1.82, 2.24) is 10.2 Å². The molecule has 4 rings (SSSR count). The number of nitrogens with one attached hydrogen (secondary N) is 1.